The van der Waals surface area contributed by atoms with E-state index in [0.717, 1.165) is 17.0 Å². The van der Waals surface area contributed by atoms with E-state index in [1.165, 1.54) is 0 Å². The summed E-state index contributed by atoms with van der Waals surface area (Å²) >= 11 is 0. The molecule has 0 unspecified atom stereocenters. The van der Waals surface area contributed by atoms with Crippen molar-refractivity contribution in [2.75, 3.05) is 5.73 Å². The Bertz CT molecular complexity index is 695. The molecule has 4 heteroatoms. The van der Waals surface area contributed by atoms with E-state index in [-0.39, 0.29) is 0 Å². The third kappa shape index (κ3) is 2.15. The smallest absolute Gasteiger partial charge is 0.112 e. The van der Waals surface area contributed by atoms with E-state index >= 15 is 0 Å². The Balaban J connectivity index is 2.21. The topological polar surface area (TPSA) is 64.7 Å². The predicted octanol–water partition coefficient (Wildman–Crippen LogP) is 2.79. The summed E-state index contributed by atoms with van der Waals surface area (Å²) in [5.74, 6) is 0. The Morgan fingerprint density at radius 3 is 2.16 bits per heavy atom. The van der Waals surface area contributed by atoms with Gasteiger partial charge in [-0.2, -0.15) is 0 Å². The molecule has 92 valence electrons. The number of nitrogens with zero attached hydrogens (tertiary/aromatic N) is 3. The Morgan fingerprint density at radius 1 is 0.684 bits per heavy atom. The minimum Gasteiger partial charge on any atom is -0.397 e. The maximum atomic E-state index is 5.98. The van der Waals surface area contributed by atoms with Gasteiger partial charge in [-0.1, -0.05) is 6.07 Å². The van der Waals surface area contributed by atoms with E-state index < -0.39 is 0 Å². The van der Waals surface area contributed by atoms with Gasteiger partial charge < -0.3 is 5.73 Å². The number of pyridine rings is 3. The highest BCUT2D eigenvalue weighted by Crippen LogP contribution is 2.30. The molecule has 0 bridgehead atoms. The van der Waals surface area contributed by atoms with E-state index in [2.05, 4.69) is 15.0 Å². The number of aromatic nitrogens is 3. The number of hydrogen-bond donors (Lipinski definition) is 1. The Hall–Kier alpha value is -2.75. The van der Waals surface area contributed by atoms with Crippen LogP contribution in [0.3, 0.4) is 0 Å². The largest absolute Gasteiger partial charge is 0.397 e. The van der Waals surface area contributed by atoms with Crippen molar-refractivity contribution >= 4 is 5.69 Å². The molecule has 3 aromatic rings. The van der Waals surface area contributed by atoms with Crippen LogP contribution in [0, 0.1) is 0 Å². The summed E-state index contributed by atoms with van der Waals surface area (Å²) in [5, 5.41) is 0. The van der Waals surface area contributed by atoms with Gasteiger partial charge in [0.1, 0.15) is 11.4 Å². The third-order valence-corrected chi connectivity index (χ3v) is 2.81. The van der Waals surface area contributed by atoms with Crippen LogP contribution >= 0.6 is 0 Å². The van der Waals surface area contributed by atoms with Crippen molar-refractivity contribution in [3.8, 4) is 22.6 Å². The second-order valence-corrected chi connectivity index (χ2v) is 4.06. The molecule has 3 aromatic heterocycles. The molecule has 0 saturated carbocycles. The molecule has 0 aliphatic rings. The molecule has 0 spiro atoms. The molecule has 0 saturated heterocycles. The van der Waals surface area contributed by atoms with Gasteiger partial charge in [-0.05, 0) is 36.4 Å². The van der Waals surface area contributed by atoms with Crippen LogP contribution in [-0.4, -0.2) is 15.0 Å². The van der Waals surface area contributed by atoms with E-state index in [0.29, 0.717) is 11.4 Å². The molecule has 0 aromatic carbocycles. The van der Waals surface area contributed by atoms with Crippen LogP contribution in [0.15, 0.2) is 61.1 Å². The van der Waals surface area contributed by atoms with Crippen LogP contribution in [0.4, 0.5) is 5.69 Å². The number of rotatable bonds is 2. The zero-order valence-corrected chi connectivity index (χ0v) is 10.2. The summed E-state index contributed by atoms with van der Waals surface area (Å²) in [5.41, 5.74) is 9.80. The second kappa shape index (κ2) is 4.86. The number of nitrogen functional groups attached to an aromatic ring is 1. The molecule has 0 aliphatic heterocycles. The maximum Gasteiger partial charge on any atom is 0.112 e. The van der Waals surface area contributed by atoms with Crippen LogP contribution in [0.2, 0.25) is 0 Å². The number of hydrogen-bond acceptors (Lipinski definition) is 4. The second-order valence-electron chi connectivity index (χ2n) is 4.06. The first-order valence-electron chi connectivity index (χ1n) is 5.93. The average Bonchev–Trinajstić information content (AvgIpc) is 2.49. The Labute approximate surface area is 111 Å². The summed E-state index contributed by atoms with van der Waals surface area (Å²) in [4.78, 5) is 13.1. The first-order chi connectivity index (χ1) is 9.36. The average molecular weight is 248 g/mol. The standard InChI is InChI=1S/C15H12N4/c16-12-6-4-10-19-15(12)14-11(5-3-9-18-14)13-7-1-2-8-17-13/h1-10H,16H2. The normalized spacial score (nSPS) is 10.3. The zero-order valence-electron chi connectivity index (χ0n) is 10.2. The van der Waals surface area contributed by atoms with E-state index in [4.69, 9.17) is 5.73 Å². The third-order valence-electron chi connectivity index (χ3n) is 2.81. The summed E-state index contributed by atoms with van der Waals surface area (Å²) in [6.45, 7) is 0. The molecule has 3 rings (SSSR count). The van der Waals surface area contributed by atoms with E-state index in [1.807, 2.05) is 42.5 Å². The summed E-state index contributed by atoms with van der Waals surface area (Å²) < 4.78 is 0. The van der Waals surface area contributed by atoms with E-state index in [1.54, 1.807) is 18.6 Å². The molecule has 0 aliphatic carbocycles. The van der Waals surface area contributed by atoms with Crippen LogP contribution in [-0.2, 0) is 0 Å². The first-order valence-corrected chi connectivity index (χ1v) is 5.93. The van der Waals surface area contributed by atoms with Crippen molar-refractivity contribution < 1.29 is 0 Å². The fraction of sp³-hybridized carbons (Fsp3) is 0. The predicted molar refractivity (Wildman–Crippen MR) is 75.1 cm³/mol. The Morgan fingerprint density at radius 2 is 1.42 bits per heavy atom. The van der Waals surface area contributed by atoms with Gasteiger partial charge in [0.25, 0.3) is 0 Å². The highest BCUT2D eigenvalue weighted by Gasteiger charge is 2.12. The Kier molecular flexibility index (Phi) is 2.90. The molecule has 2 N–H and O–H groups in total. The molecule has 0 fully saturated rings. The van der Waals surface area contributed by atoms with Gasteiger partial charge in [0.15, 0.2) is 0 Å². The highest BCUT2D eigenvalue weighted by molar-refractivity contribution is 5.82. The minimum atomic E-state index is 0.610. The SMILES string of the molecule is Nc1cccnc1-c1ncccc1-c1ccccn1. The van der Waals surface area contributed by atoms with Gasteiger partial charge in [-0.25, -0.2) is 0 Å². The summed E-state index contributed by atoms with van der Waals surface area (Å²) in [6.07, 6.45) is 5.20. The minimum absolute atomic E-state index is 0.610. The molecule has 0 atom stereocenters. The summed E-state index contributed by atoms with van der Waals surface area (Å²) in [6, 6.07) is 13.3. The summed E-state index contributed by atoms with van der Waals surface area (Å²) in [7, 11) is 0. The van der Waals surface area contributed by atoms with Crippen LogP contribution in [0.1, 0.15) is 0 Å². The van der Waals surface area contributed by atoms with Crippen LogP contribution in [0.25, 0.3) is 22.6 Å². The van der Waals surface area contributed by atoms with Gasteiger partial charge >= 0.3 is 0 Å². The van der Waals surface area contributed by atoms with Gasteiger partial charge in [-0.15, -0.1) is 0 Å². The maximum absolute atomic E-state index is 5.98. The van der Waals surface area contributed by atoms with Gasteiger partial charge in [0, 0.05) is 24.2 Å². The fourth-order valence-electron chi connectivity index (χ4n) is 1.94. The van der Waals surface area contributed by atoms with Crippen molar-refractivity contribution in [1.29, 1.82) is 0 Å². The highest BCUT2D eigenvalue weighted by atomic mass is 14.8. The zero-order chi connectivity index (χ0) is 13.1. The van der Waals surface area contributed by atoms with Crippen molar-refractivity contribution in [2.45, 2.75) is 0 Å². The number of nitrogens with two attached hydrogens (primary N) is 1. The monoisotopic (exact) mass is 248 g/mol. The molecular weight excluding hydrogens is 236 g/mol. The van der Waals surface area contributed by atoms with Gasteiger partial charge in [0.2, 0.25) is 0 Å². The van der Waals surface area contributed by atoms with Crippen LogP contribution < -0.4 is 5.73 Å². The van der Waals surface area contributed by atoms with Crippen molar-refractivity contribution in [3.05, 3.63) is 61.1 Å². The lowest BCUT2D eigenvalue weighted by molar-refractivity contribution is 1.23. The fourth-order valence-corrected chi connectivity index (χ4v) is 1.94. The molecule has 0 radical (unpaired) electrons. The lowest BCUT2D eigenvalue weighted by Crippen LogP contribution is -1.97. The molecule has 0 amide bonds. The van der Waals surface area contributed by atoms with Crippen molar-refractivity contribution in [1.82, 2.24) is 15.0 Å². The van der Waals surface area contributed by atoms with Crippen molar-refractivity contribution in [3.63, 3.8) is 0 Å². The van der Waals surface area contributed by atoms with Gasteiger partial charge in [0.05, 0.1) is 11.4 Å². The molecule has 19 heavy (non-hydrogen) atoms. The molecular formula is C15H12N4. The molecule has 3 heterocycles. The van der Waals surface area contributed by atoms with E-state index in [9.17, 15) is 0 Å². The quantitative estimate of drug-likeness (QED) is 0.757. The lowest BCUT2D eigenvalue weighted by Gasteiger charge is -2.08. The van der Waals surface area contributed by atoms with Crippen LogP contribution in [0.5, 0.6) is 0 Å². The number of anilines is 1. The first kappa shape index (κ1) is 11.3. The molecule has 4 nitrogen and oxygen atoms in total. The van der Waals surface area contributed by atoms with Crippen molar-refractivity contribution in [2.24, 2.45) is 0 Å². The lowest BCUT2D eigenvalue weighted by atomic mass is 10.1. The van der Waals surface area contributed by atoms with Gasteiger partial charge in [-0.3, -0.25) is 15.0 Å².